The van der Waals surface area contributed by atoms with Crippen LogP contribution in [-0.4, -0.2) is 121 Å². The van der Waals surface area contributed by atoms with Crippen LogP contribution in [0.25, 0.3) is 11.1 Å². The minimum absolute atomic E-state index is 0.00388. The summed E-state index contributed by atoms with van der Waals surface area (Å²) in [4.78, 5) is 16.4. The average Bonchev–Trinajstić information content (AvgIpc) is 3.35. The van der Waals surface area contributed by atoms with Crippen molar-refractivity contribution in [3.63, 3.8) is 0 Å². The van der Waals surface area contributed by atoms with Gasteiger partial charge in [-0.05, 0) is 78.3 Å². The van der Waals surface area contributed by atoms with Crippen LogP contribution in [-0.2, 0) is 31.2 Å². The molecule has 1 amide bonds. The highest BCUT2D eigenvalue weighted by Crippen LogP contribution is 2.62. The second-order valence-corrected chi connectivity index (χ2v) is 17.6. The normalized spacial score (nSPS) is 33.3. The van der Waals surface area contributed by atoms with Gasteiger partial charge in [0.25, 0.3) is 0 Å². The first kappa shape index (κ1) is 45.9. The number of carbonyl (C=O) groups excluding carboxylic acids is 1. The number of carbonyl (C=O) groups is 1. The van der Waals surface area contributed by atoms with E-state index in [2.05, 4.69) is 0 Å². The van der Waals surface area contributed by atoms with Crippen LogP contribution in [0.3, 0.4) is 0 Å². The molecule has 0 radical (unpaired) electrons. The highest BCUT2D eigenvalue weighted by atomic mass is 16.7. The SMILES string of the molecule is O=C1N(c2ccccc2)[C@H](c2ccc(-c3cccc(O[C@@H]4O[C@H](CO)C(O[C@@H]5O[C@H](CO)[C@@H](O)[C@H](O)[C@H]5O)[C@H](O)[C@H]4O)c3)cc2OCc2ccccc2)C12CCC(O)(c1ccccc1)CC2. The van der Waals surface area contributed by atoms with E-state index in [0.717, 1.165) is 27.9 Å². The fourth-order valence-corrected chi connectivity index (χ4v) is 9.92. The Morgan fingerprint density at radius 1 is 0.621 bits per heavy atom. The summed E-state index contributed by atoms with van der Waals surface area (Å²) in [6.07, 6.45) is -14.2. The van der Waals surface area contributed by atoms with Crippen LogP contribution < -0.4 is 14.4 Å². The molecular formula is C51H55NO14. The molecule has 5 aromatic rings. The molecule has 1 aliphatic carbocycles. The van der Waals surface area contributed by atoms with E-state index in [-0.39, 0.29) is 18.3 Å². The number of aliphatic hydroxyl groups excluding tert-OH is 7. The molecule has 3 saturated heterocycles. The Labute approximate surface area is 381 Å². The Balaban J connectivity index is 0.994. The summed E-state index contributed by atoms with van der Waals surface area (Å²) in [6, 6.07) is 41.4. The number of para-hydroxylation sites is 1. The molecule has 4 aliphatic rings. The number of rotatable bonds is 13. The van der Waals surface area contributed by atoms with Gasteiger partial charge < -0.3 is 69.4 Å². The molecule has 66 heavy (non-hydrogen) atoms. The van der Waals surface area contributed by atoms with Crippen molar-refractivity contribution >= 4 is 11.6 Å². The van der Waals surface area contributed by atoms with E-state index in [9.17, 15) is 45.6 Å². The Morgan fingerprint density at radius 2 is 1.24 bits per heavy atom. The maximum absolute atomic E-state index is 14.6. The third-order valence-corrected chi connectivity index (χ3v) is 13.7. The van der Waals surface area contributed by atoms with Gasteiger partial charge in [-0.2, -0.15) is 0 Å². The zero-order chi connectivity index (χ0) is 46.2. The molecule has 3 aliphatic heterocycles. The molecule has 1 unspecified atom stereocenters. The molecule has 0 aromatic heterocycles. The molecule has 15 nitrogen and oxygen atoms in total. The number of ether oxygens (including phenoxy) is 5. The first-order valence-corrected chi connectivity index (χ1v) is 22.3. The number of hydrogen-bond acceptors (Lipinski definition) is 14. The molecular weight excluding hydrogens is 851 g/mol. The maximum Gasteiger partial charge on any atom is 0.236 e. The van der Waals surface area contributed by atoms with E-state index < -0.39 is 91.7 Å². The lowest BCUT2D eigenvalue weighted by atomic mass is 9.56. The van der Waals surface area contributed by atoms with E-state index in [1.54, 1.807) is 18.2 Å². The predicted octanol–water partition coefficient (Wildman–Crippen LogP) is 3.47. The van der Waals surface area contributed by atoms with Gasteiger partial charge in [-0.15, -0.1) is 0 Å². The largest absolute Gasteiger partial charge is 0.489 e. The highest BCUT2D eigenvalue weighted by molar-refractivity contribution is 6.06. The molecule has 8 N–H and O–H groups in total. The second-order valence-electron chi connectivity index (χ2n) is 17.6. The second kappa shape index (κ2) is 19.1. The standard InChI is InChI=1S/C51H55NO14/c53-27-38-40(55)41(56)43(58)48(64-38)66-45-39(28-54)65-47(44(59)42(45)57)63-35-18-10-13-31(25-35)32-19-20-36(37(26-32)62-29-30-11-4-1-5-12-30)46-50(49(60)52(46)34-16-8-3-9-17-34)21-23-51(61,24-22-50)33-14-6-2-7-15-33/h1-20,25-26,38-48,53-59,61H,21-24,27-29H2/t38-,39-,40-,41+,42-,43-,44-,45?,46-,47-,48+,50?,51?/m1/s1. The number of amides is 1. The summed E-state index contributed by atoms with van der Waals surface area (Å²) in [6.45, 7) is -1.18. The number of hydrogen-bond donors (Lipinski definition) is 8. The zero-order valence-electron chi connectivity index (χ0n) is 36.0. The molecule has 4 fully saturated rings. The van der Waals surface area contributed by atoms with Gasteiger partial charge in [-0.3, -0.25) is 4.79 Å². The van der Waals surface area contributed by atoms with Gasteiger partial charge in [-0.1, -0.05) is 103 Å². The monoisotopic (exact) mass is 905 g/mol. The lowest BCUT2D eigenvalue weighted by Crippen LogP contribution is -2.65. The van der Waals surface area contributed by atoms with Gasteiger partial charge >= 0.3 is 0 Å². The first-order chi connectivity index (χ1) is 31.9. The van der Waals surface area contributed by atoms with Crippen LogP contribution in [0.1, 0.15) is 48.4 Å². The van der Waals surface area contributed by atoms with E-state index in [1.807, 2.05) is 120 Å². The quantitative estimate of drug-likeness (QED) is 0.0793. The van der Waals surface area contributed by atoms with Gasteiger partial charge in [0.1, 0.15) is 66.9 Å². The van der Waals surface area contributed by atoms with E-state index >= 15 is 0 Å². The summed E-state index contributed by atoms with van der Waals surface area (Å²) in [5.74, 6) is 0.815. The van der Waals surface area contributed by atoms with E-state index in [1.165, 1.54) is 0 Å². The summed E-state index contributed by atoms with van der Waals surface area (Å²) in [7, 11) is 0. The van der Waals surface area contributed by atoms with E-state index in [4.69, 9.17) is 23.7 Å². The fourth-order valence-electron chi connectivity index (χ4n) is 9.92. The van der Waals surface area contributed by atoms with Gasteiger partial charge in [0.05, 0.1) is 30.3 Å². The van der Waals surface area contributed by atoms with Crippen molar-refractivity contribution in [2.45, 2.75) is 105 Å². The Morgan fingerprint density at radius 3 is 1.92 bits per heavy atom. The number of β-lactam (4-membered cyclic amide) rings is 1. The van der Waals surface area contributed by atoms with Crippen molar-refractivity contribution in [2.75, 3.05) is 18.1 Å². The summed E-state index contributed by atoms with van der Waals surface area (Å²) in [5, 5.41) is 85.1. The fraction of sp³-hybridized carbons (Fsp3) is 0.392. The highest BCUT2D eigenvalue weighted by Gasteiger charge is 2.64. The van der Waals surface area contributed by atoms with Crippen molar-refractivity contribution in [1.82, 2.24) is 0 Å². The van der Waals surface area contributed by atoms with Gasteiger partial charge in [0.2, 0.25) is 12.2 Å². The molecule has 9 rings (SSSR count). The zero-order valence-corrected chi connectivity index (χ0v) is 36.0. The number of benzene rings is 5. The average molecular weight is 906 g/mol. The minimum atomic E-state index is -1.80. The Kier molecular flexibility index (Phi) is 13.3. The minimum Gasteiger partial charge on any atom is -0.489 e. The topological polar surface area (TPSA) is 228 Å². The molecule has 1 saturated carbocycles. The predicted molar refractivity (Wildman–Crippen MR) is 238 cm³/mol. The molecule has 348 valence electrons. The van der Waals surface area contributed by atoms with Crippen molar-refractivity contribution < 1.29 is 69.3 Å². The van der Waals surface area contributed by atoms with Gasteiger partial charge in [0.15, 0.2) is 6.29 Å². The Hall–Kier alpha value is -5.27. The van der Waals surface area contributed by atoms with Crippen molar-refractivity contribution in [3.05, 3.63) is 150 Å². The Bertz CT molecular complexity index is 2410. The van der Waals surface area contributed by atoms with E-state index in [0.29, 0.717) is 37.0 Å². The third kappa shape index (κ3) is 8.62. The lowest BCUT2D eigenvalue weighted by Gasteiger charge is -2.59. The molecule has 11 atom stereocenters. The van der Waals surface area contributed by atoms with Crippen LogP contribution in [0.4, 0.5) is 5.69 Å². The van der Waals surface area contributed by atoms with Crippen LogP contribution in [0.15, 0.2) is 133 Å². The lowest BCUT2D eigenvalue weighted by molar-refractivity contribution is -0.352. The molecule has 0 bridgehead atoms. The molecule has 15 heteroatoms. The van der Waals surface area contributed by atoms with Crippen LogP contribution in [0, 0.1) is 5.41 Å². The van der Waals surface area contributed by atoms with Crippen molar-refractivity contribution in [3.8, 4) is 22.6 Å². The van der Waals surface area contributed by atoms with Gasteiger partial charge in [0, 0.05) is 11.3 Å². The van der Waals surface area contributed by atoms with Crippen LogP contribution >= 0.6 is 0 Å². The van der Waals surface area contributed by atoms with Gasteiger partial charge in [-0.25, -0.2) is 0 Å². The smallest absolute Gasteiger partial charge is 0.236 e. The molecule has 1 spiro atoms. The summed E-state index contributed by atoms with van der Waals surface area (Å²) < 4.78 is 29.8. The number of anilines is 1. The first-order valence-electron chi connectivity index (χ1n) is 22.3. The third-order valence-electron chi connectivity index (χ3n) is 13.7. The maximum atomic E-state index is 14.6. The van der Waals surface area contributed by atoms with Crippen molar-refractivity contribution in [1.29, 1.82) is 0 Å². The molecule has 5 aromatic carbocycles. The van der Waals surface area contributed by atoms with Crippen LogP contribution in [0.5, 0.6) is 11.5 Å². The summed E-state index contributed by atoms with van der Waals surface area (Å²) in [5.41, 5.74) is 2.94. The molecule has 3 heterocycles. The number of aliphatic hydroxyl groups is 8. The van der Waals surface area contributed by atoms with Crippen molar-refractivity contribution in [2.24, 2.45) is 5.41 Å². The summed E-state index contributed by atoms with van der Waals surface area (Å²) >= 11 is 0. The number of nitrogens with zero attached hydrogens (tertiary/aromatic N) is 1. The van der Waals surface area contributed by atoms with Crippen LogP contribution in [0.2, 0.25) is 0 Å².